The van der Waals surface area contributed by atoms with Gasteiger partial charge in [-0.05, 0) is 38.2 Å². The standard InChI is InChI=1S/C11H19N3/c1-3-10-6-11(8(2)12)14(13-10)7-9-4-5-9/h6,8-9H,3-5,7,12H2,1-2H3. The Morgan fingerprint density at radius 3 is 2.86 bits per heavy atom. The Morgan fingerprint density at radius 2 is 2.36 bits per heavy atom. The maximum atomic E-state index is 5.92. The van der Waals surface area contributed by atoms with Gasteiger partial charge in [0.05, 0.1) is 11.4 Å². The Balaban J connectivity index is 2.20. The van der Waals surface area contributed by atoms with E-state index in [4.69, 9.17) is 5.73 Å². The van der Waals surface area contributed by atoms with Crippen LogP contribution in [0.1, 0.15) is 44.1 Å². The van der Waals surface area contributed by atoms with E-state index < -0.39 is 0 Å². The lowest BCUT2D eigenvalue weighted by atomic mass is 10.2. The topological polar surface area (TPSA) is 43.8 Å². The zero-order valence-electron chi connectivity index (χ0n) is 9.03. The Morgan fingerprint density at radius 1 is 1.64 bits per heavy atom. The molecule has 3 nitrogen and oxygen atoms in total. The van der Waals surface area contributed by atoms with Gasteiger partial charge in [-0.2, -0.15) is 5.10 Å². The zero-order valence-corrected chi connectivity index (χ0v) is 9.03. The summed E-state index contributed by atoms with van der Waals surface area (Å²) in [7, 11) is 0. The van der Waals surface area contributed by atoms with Crippen LogP contribution in [0.3, 0.4) is 0 Å². The predicted molar refractivity (Wildman–Crippen MR) is 56.9 cm³/mol. The first-order valence-electron chi connectivity index (χ1n) is 5.53. The molecule has 1 aliphatic carbocycles. The number of hydrogen-bond donors (Lipinski definition) is 1. The van der Waals surface area contributed by atoms with Crippen molar-refractivity contribution in [3.8, 4) is 0 Å². The molecule has 1 unspecified atom stereocenters. The van der Waals surface area contributed by atoms with Crippen molar-refractivity contribution in [3.05, 3.63) is 17.5 Å². The highest BCUT2D eigenvalue weighted by atomic mass is 15.3. The van der Waals surface area contributed by atoms with Gasteiger partial charge < -0.3 is 5.73 Å². The van der Waals surface area contributed by atoms with Gasteiger partial charge >= 0.3 is 0 Å². The van der Waals surface area contributed by atoms with E-state index in [1.807, 2.05) is 6.92 Å². The molecule has 0 spiro atoms. The molecule has 78 valence electrons. The molecule has 1 aromatic heterocycles. The highest BCUT2D eigenvalue weighted by Gasteiger charge is 2.23. The first-order valence-corrected chi connectivity index (χ1v) is 5.53. The minimum Gasteiger partial charge on any atom is -0.323 e. The largest absolute Gasteiger partial charge is 0.323 e. The third-order valence-corrected chi connectivity index (χ3v) is 2.82. The Bertz CT molecular complexity index is 310. The van der Waals surface area contributed by atoms with Crippen LogP contribution in [-0.2, 0) is 13.0 Å². The van der Waals surface area contributed by atoms with E-state index in [1.54, 1.807) is 0 Å². The van der Waals surface area contributed by atoms with Gasteiger partial charge in [0.25, 0.3) is 0 Å². The molecule has 0 aliphatic heterocycles. The molecular weight excluding hydrogens is 174 g/mol. The van der Waals surface area contributed by atoms with Crippen LogP contribution in [-0.4, -0.2) is 9.78 Å². The summed E-state index contributed by atoms with van der Waals surface area (Å²) in [6.07, 6.45) is 3.72. The average molecular weight is 193 g/mol. The highest BCUT2D eigenvalue weighted by molar-refractivity contribution is 5.13. The molecule has 0 amide bonds. The number of aryl methyl sites for hydroxylation is 1. The third kappa shape index (κ3) is 1.98. The van der Waals surface area contributed by atoms with Crippen molar-refractivity contribution >= 4 is 0 Å². The van der Waals surface area contributed by atoms with Crippen LogP contribution in [0.5, 0.6) is 0 Å². The highest BCUT2D eigenvalue weighted by Crippen LogP contribution is 2.31. The van der Waals surface area contributed by atoms with Gasteiger partial charge in [-0.25, -0.2) is 0 Å². The summed E-state index contributed by atoms with van der Waals surface area (Å²) in [5.74, 6) is 0.858. The second-order valence-corrected chi connectivity index (χ2v) is 4.33. The normalized spacial score (nSPS) is 18.5. The monoisotopic (exact) mass is 193 g/mol. The van der Waals surface area contributed by atoms with Gasteiger partial charge in [-0.3, -0.25) is 4.68 Å². The minimum absolute atomic E-state index is 0.0987. The number of hydrogen-bond acceptors (Lipinski definition) is 2. The molecule has 1 saturated carbocycles. The fourth-order valence-electron chi connectivity index (χ4n) is 1.72. The summed E-state index contributed by atoms with van der Waals surface area (Å²) in [5.41, 5.74) is 8.27. The molecule has 2 N–H and O–H groups in total. The first kappa shape index (κ1) is 9.71. The molecule has 1 atom stereocenters. The lowest BCUT2D eigenvalue weighted by Gasteiger charge is -2.08. The van der Waals surface area contributed by atoms with E-state index in [-0.39, 0.29) is 6.04 Å². The van der Waals surface area contributed by atoms with Crippen LogP contribution in [0.15, 0.2) is 6.07 Å². The molecule has 2 rings (SSSR count). The molecule has 14 heavy (non-hydrogen) atoms. The van der Waals surface area contributed by atoms with Gasteiger partial charge in [0.15, 0.2) is 0 Å². The fraction of sp³-hybridized carbons (Fsp3) is 0.727. The second-order valence-electron chi connectivity index (χ2n) is 4.33. The van der Waals surface area contributed by atoms with Crippen molar-refractivity contribution in [1.29, 1.82) is 0 Å². The van der Waals surface area contributed by atoms with Crippen molar-refractivity contribution in [2.75, 3.05) is 0 Å². The molecule has 1 aromatic rings. The van der Waals surface area contributed by atoms with Crippen LogP contribution in [0.4, 0.5) is 0 Å². The smallest absolute Gasteiger partial charge is 0.0625 e. The molecule has 1 aliphatic rings. The van der Waals surface area contributed by atoms with Gasteiger partial charge in [-0.15, -0.1) is 0 Å². The number of aromatic nitrogens is 2. The molecule has 1 heterocycles. The van der Waals surface area contributed by atoms with Crippen LogP contribution >= 0.6 is 0 Å². The zero-order chi connectivity index (χ0) is 10.1. The lowest BCUT2D eigenvalue weighted by molar-refractivity contribution is 0.519. The van der Waals surface area contributed by atoms with E-state index in [0.29, 0.717) is 0 Å². The molecule has 0 bridgehead atoms. The first-order chi connectivity index (χ1) is 6.70. The van der Waals surface area contributed by atoms with Gasteiger partial charge in [0.2, 0.25) is 0 Å². The summed E-state index contributed by atoms with van der Waals surface area (Å²) in [6.45, 7) is 5.23. The summed E-state index contributed by atoms with van der Waals surface area (Å²) in [4.78, 5) is 0. The summed E-state index contributed by atoms with van der Waals surface area (Å²) in [5, 5.41) is 4.57. The Kier molecular flexibility index (Phi) is 2.59. The van der Waals surface area contributed by atoms with E-state index in [9.17, 15) is 0 Å². The van der Waals surface area contributed by atoms with Crippen molar-refractivity contribution in [1.82, 2.24) is 9.78 Å². The molecule has 3 heteroatoms. The van der Waals surface area contributed by atoms with Crippen LogP contribution in [0.2, 0.25) is 0 Å². The van der Waals surface area contributed by atoms with E-state index >= 15 is 0 Å². The van der Waals surface area contributed by atoms with Gasteiger partial charge in [-0.1, -0.05) is 6.92 Å². The Labute approximate surface area is 85.3 Å². The van der Waals surface area contributed by atoms with Crippen molar-refractivity contribution in [2.45, 2.75) is 45.7 Å². The summed E-state index contributed by atoms with van der Waals surface area (Å²) < 4.78 is 2.11. The van der Waals surface area contributed by atoms with E-state index in [1.165, 1.54) is 18.5 Å². The maximum absolute atomic E-state index is 5.92. The van der Waals surface area contributed by atoms with Gasteiger partial charge in [0.1, 0.15) is 0 Å². The molecule has 0 aromatic carbocycles. The Hall–Kier alpha value is -0.830. The summed E-state index contributed by atoms with van der Waals surface area (Å²) in [6, 6.07) is 2.24. The lowest BCUT2D eigenvalue weighted by Crippen LogP contribution is -2.14. The average Bonchev–Trinajstić information content (AvgIpc) is 2.83. The van der Waals surface area contributed by atoms with Crippen LogP contribution in [0, 0.1) is 5.92 Å². The predicted octanol–water partition coefficient (Wildman–Crippen LogP) is 1.88. The molecular formula is C11H19N3. The quantitative estimate of drug-likeness (QED) is 0.793. The third-order valence-electron chi connectivity index (χ3n) is 2.82. The number of rotatable bonds is 4. The van der Waals surface area contributed by atoms with Crippen LogP contribution in [0.25, 0.3) is 0 Å². The van der Waals surface area contributed by atoms with Crippen molar-refractivity contribution in [3.63, 3.8) is 0 Å². The number of nitrogens with zero attached hydrogens (tertiary/aromatic N) is 2. The maximum Gasteiger partial charge on any atom is 0.0625 e. The summed E-state index contributed by atoms with van der Waals surface area (Å²) >= 11 is 0. The fourth-order valence-corrected chi connectivity index (χ4v) is 1.72. The second kappa shape index (κ2) is 3.73. The van der Waals surface area contributed by atoms with Crippen molar-refractivity contribution in [2.24, 2.45) is 11.7 Å². The van der Waals surface area contributed by atoms with E-state index in [2.05, 4.69) is 22.8 Å². The van der Waals surface area contributed by atoms with E-state index in [0.717, 1.165) is 24.6 Å². The molecule has 1 fully saturated rings. The van der Waals surface area contributed by atoms with Crippen molar-refractivity contribution < 1.29 is 0 Å². The molecule has 0 radical (unpaired) electrons. The minimum atomic E-state index is 0.0987. The van der Waals surface area contributed by atoms with Gasteiger partial charge in [0, 0.05) is 12.6 Å². The molecule has 0 saturated heterocycles. The SMILES string of the molecule is CCc1cc(C(C)N)n(CC2CC2)n1. The van der Waals surface area contributed by atoms with Crippen LogP contribution < -0.4 is 5.73 Å². The number of nitrogens with two attached hydrogens (primary N) is 1.